The van der Waals surface area contributed by atoms with Crippen LogP contribution in [0.3, 0.4) is 0 Å². The van der Waals surface area contributed by atoms with E-state index in [1.54, 1.807) is 18.2 Å². The van der Waals surface area contributed by atoms with Crippen molar-refractivity contribution < 1.29 is 4.79 Å². The van der Waals surface area contributed by atoms with Gasteiger partial charge in [0.25, 0.3) is 5.91 Å². The Balaban J connectivity index is 1.66. The summed E-state index contributed by atoms with van der Waals surface area (Å²) in [4.78, 5) is 20.7. The third-order valence-electron chi connectivity index (χ3n) is 3.73. The first-order valence-electron chi connectivity index (χ1n) is 7.93. The minimum atomic E-state index is -0.399. The van der Waals surface area contributed by atoms with Gasteiger partial charge in [-0.25, -0.2) is 9.97 Å². The normalized spacial score (nSPS) is 11.7. The van der Waals surface area contributed by atoms with Gasteiger partial charge in [-0.3, -0.25) is 4.79 Å². The van der Waals surface area contributed by atoms with E-state index in [0.29, 0.717) is 21.6 Å². The molecule has 26 heavy (non-hydrogen) atoms. The largest absolute Gasteiger partial charge is 0.362 e. The van der Waals surface area contributed by atoms with Gasteiger partial charge in [-0.15, -0.1) is 0 Å². The molecule has 3 rings (SSSR count). The van der Waals surface area contributed by atoms with Crippen LogP contribution in [-0.4, -0.2) is 15.9 Å². The molecular formula is C19H16Cl2N4O. The molecule has 0 spiro atoms. The fraction of sp³-hybridized carbons (Fsp3) is 0.105. The second-order valence-corrected chi connectivity index (χ2v) is 6.49. The molecular weight excluding hydrogens is 371 g/mol. The van der Waals surface area contributed by atoms with Crippen LogP contribution in [0.15, 0.2) is 60.9 Å². The maximum atomic E-state index is 12.3. The van der Waals surface area contributed by atoms with Gasteiger partial charge < -0.3 is 10.6 Å². The SMILES string of the molecule is CC(Nc1cnc(C(=O)Nc2ccc(Cl)cc2Cl)cn1)c1ccccc1. The van der Waals surface area contributed by atoms with E-state index in [2.05, 4.69) is 20.6 Å². The van der Waals surface area contributed by atoms with Gasteiger partial charge in [0, 0.05) is 11.1 Å². The van der Waals surface area contributed by atoms with Gasteiger partial charge >= 0.3 is 0 Å². The van der Waals surface area contributed by atoms with Crippen LogP contribution in [0.4, 0.5) is 11.5 Å². The van der Waals surface area contributed by atoms with Crippen LogP contribution in [-0.2, 0) is 0 Å². The first-order valence-corrected chi connectivity index (χ1v) is 8.68. The lowest BCUT2D eigenvalue weighted by molar-refractivity contribution is 0.102. The molecule has 0 saturated carbocycles. The summed E-state index contributed by atoms with van der Waals surface area (Å²) in [5.74, 6) is 0.187. The average Bonchev–Trinajstić information content (AvgIpc) is 2.65. The monoisotopic (exact) mass is 386 g/mol. The van der Waals surface area contributed by atoms with E-state index < -0.39 is 5.91 Å². The molecule has 0 aliphatic rings. The van der Waals surface area contributed by atoms with Crippen LogP contribution in [0.2, 0.25) is 10.0 Å². The van der Waals surface area contributed by atoms with E-state index in [1.807, 2.05) is 37.3 Å². The smallest absolute Gasteiger partial charge is 0.275 e. The first kappa shape index (κ1) is 18.2. The lowest BCUT2D eigenvalue weighted by Crippen LogP contribution is -2.15. The van der Waals surface area contributed by atoms with Crippen LogP contribution < -0.4 is 10.6 Å². The minimum Gasteiger partial charge on any atom is -0.362 e. The van der Waals surface area contributed by atoms with Crippen LogP contribution in [0.25, 0.3) is 0 Å². The zero-order chi connectivity index (χ0) is 18.5. The zero-order valence-electron chi connectivity index (χ0n) is 13.9. The quantitative estimate of drug-likeness (QED) is 0.631. The van der Waals surface area contributed by atoms with Gasteiger partial charge in [-0.2, -0.15) is 0 Å². The van der Waals surface area contributed by atoms with Crippen LogP contribution in [0.5, 0.6) is 0 Å². The molecule has 5 nitrogen and oxygen atoms in total. The molecule has 1 unspecified atom stereocenters. The van der Waals surface area contributed by atoms with E-state index in [1.165, 1.54) is 12.4 Å². The number of carbonyl (C=O) groups is 1. The Hall–Kier alpha value is -2.63. The highest BCUT2D eigenvalue weighted by atomic mass is 35.5. The molecule has 0 aliphatic heterocycles. The predicted octanol–water partition coefficient (Wildman–Crippen LogP) is 5.21. The number of rotatable bonds is 5. The Kier molecular flexibility index (Phi) is 5.71. The summed E-state index contributed by atoms with van der Waals surface area (Å²) >= 11 is 11.9. The molecule has 2 N–H and O–H groups in total. The minimum absolute atomic E-state index is 0.0676. The number of anilines is 2. The van der Waals surface area contributed by atoms with Gasteiger partial charge in [-0.1, -0.05) is 53.5 Å². The van der Waals surface area contributed by atoms with Gasteiger partial charge in [0.15, 0.2) is 0 Å². The predicted molar refractivity (Wildman–Crippen MR) is 105 cm³/mol. The van der Waals surface area contributed by atoms with Crippen molar-refractivity contribution in [3.63, 3.8) is 0 Å². The number of halogens is 2. The molecule has 0 radical (unpaired) electrons. The number of hydrogen-bond donors (Lipinski definition) is 2. The van der Waals surface area contributed by atoms with E-state index in [0.717, 1.165) is 5.56 Å². The van der Waals surface area contributed by atoms with Crippen molar-refractivity contribution in [1.82, 2.24) is 9.97 Å². The molecule has 1 aromatic heterocycles. The Labute approximate surface area is 161 Å². The van der Waals surface area contributed by atoms with Crippen molar-refractivity contribution in [3.8, 4) is 0 Å². The first-order chi connectivity index (χ1) is 12.5. The maximum Gasteiger partial charge on any atom is 0.275 e. The molecule has 132 valence electrons. The average molecular weight is 387 g/mol. The number of nitrogens with zero attached hydrogens (tertiary/aromatic N) is 2. The van der Waals surface area contributed by atoms with E-state index in [-0.39, 0.29) is 11.7 Å². The summed E-state index contributed by atoms with van der Waals surface area (Å²) in [6.07, 6.45) is 2.94. The van der Waals surface area contributed by atoms with Crippen LogP contribution in [0, 0.1) is 0 Å². The van der Waals surface area contributed by atoms with Crippen molar-refractivity contribution >= 4 is 40.6 Å². The van der Waals surface area contributed by atoms with E-state index in [4.69, 9.17) is 23.2 Å². The molecule has 0 bridgehead atoms. The number of nitrogens with one attached hydrogen (secondary N) is 2. The molecule has 7 heteroatoms. The molecule has 1 atom stereocenters. The summed E-state index contributed by atoms with van der Waals surface area (Å²) < 4.78 is 0. The van der Waals surface area contributed by atoms with E-state index >= 15 is 0 Å². The van der Waals surface area contributed by atoms with Crippen molar-refractivity contribution in [1.29, 1.82) is 0 Å². The number of aromatic nitrogens is 2. The lowest BCUT2D eigenvalue weighted by atomic mass is 10.1. The molecule has 0 saturated heterocycles. The van der Waals surface area contributed by atoms with Crippen molar-refractivity contribution in [2.75, 3.05) is 10.6 Å². The fourth-order valence-corrected chi connectivity index (χ4v) is 2.80. The standard InChI is InChI=1S/C19H16Cl2N4O/c1-12(13-5-3-2-4-6-13)24-18-11-22-17(10-23-18)19(26)25-16-8-7-14(20)9-15(16)21/h2-12H,1H3,(H,23,24)(H,25,26). The topological polar surface area (TPSA) is 66.9 Å². The molecule has 3 aromatic rings. The summed E-state index contributed by atoms with van der Waals surface area (Å²) in [6.45, 7) is 2.03. The number of hydrogen-bond acceptors (Lipinski definition) is 4. The highest BCUT2D eigenvalue weighted by Gasteiger charge is 2.12. The third-order valence-corrected chi connectivity index (χ3v) is 4.28. The van der Waals surface area contributed by atoms with Gasteiger partial charge in [-0.05, 0) is 30.7 Å². The molecule has 0 aliphatic carbocycles. The Morgan fingerprint density at radius 2 is 1.81 bits per heavy atom. The molecule has 0 fully saturated rings. The maximum absolute atomic E-state index is 12.3. The summed E-state index contributed by atoms with van der Waals surface area (Å²) in [6, 6.07) is 14.9. The van der Waals surface area contributed by atoms with Gasteiger partial charge in [0.05, 0.1) is 23.1 Å². The Morgan fingerprint density at radius 3 is 2.46 bits per heavy atom. The van der Waals surface area contributed by atoms with Crippen molar-refractivity contribution in [2.45, 2.75) is 13.0 Å². The zero-order valence-corrected chi connectivity index (χ0v) is 15.4. The van der Waals surface area contributed by atoms with Crippen molar-refractivity contribution in [3.05, 3.63) is 82.2 Å². The second kappa shape index (κ2) is 8.17. The van der Waals surface area contributed by atoms with Crippen LogP contribution >= 0.6 is 23.2 Å². The van der Waals surface area contributed by atoms with Gasteiger partial charge in [0.1, 0.15) is 11.5 Å². The summed E-state index contributed by atoms with van der Waals surface area (Å²) in [5, 5.41) is 6.79. The summed E-state index contributed by atoms with van der Waals surface area (Å²) in [7, 11) is 0. The highest BCUT2D eigenvalue weighted by molar-refractivity contribution is 6.36. The van der Waals surface area contributed by atoms with Crippen LogP contribution in [0.1, 0.15) is 29.0 Å². The van der Waals surface area contributed by atoms with E-state index in [9.17, 15) is 4.79 Å². The molecule has 2 aromatic carbocycles. The summed E-state index contributed by atoms with van der Waals surface area (Å²) in [5.41, 5.74) is 1.78. The second-order valence-electron chi connectivity index (χ2n) is 5.64. The lowest BCUT2D eigenvalue weighted by Gasteiger charge is -2.14. The fourth-order valence-electron chi connectivity index (χ4n) is 2.34. The highest BCUT2D eigenvalue weighted by Crippen LogP contribution is 2.25. The Bertz CT molecular complexity index is 901. The Morgan fingerprint density at radius 1 is 1.04 bits per heavy atom. The third kappa shape index (κ3) is 4.50. The van der Waals surface area contributed by atoms with Gasteiger partial charge in [0.2, 0.25) is 0 Å². The molecule has 1 amide bonds. The number of carbonyl (C=O) groups excluding carboxylic acids is 1. The molecule has 1 heterocycles. The number of benzene rings is 2. The number of amides is 1. The van der Waals surface area contributed by atoms with Crippen molar-refractivity contribution in [2.24, 2.45) is 0 Å².